The monoisotopic (exact) mass is 346 g/mol. The first-order valence-corrected chi connectivity index (χ1v) is 9.42. The van der Waals surface area contributed by atoms with Gasteiger partial charge in [-0.05, 0) is 64.9 Å². The summed E-state index contributed by atoms with van der Waals surface area (Å²) in [6.07, 6.45) is 9.84. The van der Waals surface area contributed by atoms with Gasteiger partial charge >= 0.3 is 0 Å². The molecule has 3 rings (SSSR count). The van der Waals surface area contributed by atoms with Crippen LogP contribution in [0, 0.1) is 5.41 Å². The highest BCUT2D eigenvalue weighted by molar-refractivity contribution is 7.98. The van der Waals surface area contributed by atoms with Crippen LogP contribution in [-0.2, 0) is 0 Å². The van der Waals surface area contributed by atoms with Crippen molar-refractivity contribution >= 4 is 28.7 Å². The molecular weight excluding hydrogens is 324 g/mol. The van der Waals surface area contributed by atoms with Gasteiger partial charge in [-0.1, -0.05) is 36.4 Å². The maximum atomic E-state index is 7.75. The molecule has 0 aromatic heterocycles. The number of nitrogens with one attached hydrogen (secondary N) is 1. The largest absolute Gasteiger partial charge is 0.378 e. The number of hydrogen-bond acceptors (Lipinski definition) is 3. The lowest BCUT2D eigenvalue weighted by Crippen LogP contribution is -2.08. The number of benzene rings is 2. The molecule has 25 heavy (non-hydrogen) atoms. The predicted octanol–water partition coefficient (Wildman–Crippen LogP) is 5.42. The van der Waals surface area contributed by atoms with Gasteiger partial charge in [0.15, 0.2) is 0 Å². The van der Waals surface area contributed by atoms with Gasteiger partial charge in [-0.15, -0.1) is 11.8 Å². The fourth-order valence-electron chi connectivity index (χ4n) is 2.82. The lowest BCUT2D eigenvalue weighted by molar-refractivity contribution is 1.13. The summed E-state index contributed by atoms with van der Waals surface area (Å²) in [4.78, 5) is 3.36. The standard InChI is InChI=1S/C22H22N2S/c1-24(2)20-12-6-17(7-13-20)22(16-4-10-19(23)11-5-16)18-8-14-21(25-3)15-9-18/h4-15,23H,1-3H3. The molecule has 0 saturated heterocycles. The molecule has 0 bridgehead atoms. The van der Waals surface area contributed by atoms with E-state index >= 15 is 0 Å². The Kier molecular flexibility index (Phi) is 5.25. The van der Waals surface area contributed by atoms with Crippen LogP contribution in [0.15, 0.2) is 83.3 Å². The highest BCUT2D eigenvalue weighted by Crippen LogP contribution is 2.31. The van der Waals surface area contributed by atoms with Crippen molar-refractivity contribution in [2.45, 2.75) is 4.90 Å². The maximum absolute atomic E-state index is 7.75. The molecule has 0 spiro atoms. The maximum Gasteiger partial charge on any atom is 0.0540 e. The quantitative estimate of drug-likeness (QED) is 0.748. The average molecular weight is 346 g/mol. The zero-order valence-electron chi connectivity index (χ0n) is 14.8. The fourth-order valence-corrected chi connectivity index (χ4v) is 3.23. The molecular formula is C22H22N2S. The summed E-state index contributed by atoms with van der Waals surface area (Å²) in [5.74, 6) is 0. The Morgan fingerprint density at radius 3 is 1.80 bits per heavy atom. The van der Waals surface area contributed by atoms with E-state index in [4.69, 9.17) is 5.41 Å². The van der Waals surface area contributed by atoms with Crippen LogP contribution in [0.2, 0.25) is 0 Å². The van der Waals surface area contributed by atoms with Crippen molar-refractivity contribution < 1.29 is 0 Å². The van der Waals surface area contributed by atoms with Crippen LogP contribution in [0.25, 0.3) is 5.57 Å². The third-order valence-electron chi connectivity index (χ3n) is 4.22. The number of allylic oxidation sites excluding steroid dienone is 5. The minimum absolute atomic E-state index is 0.531. The van der Waals surface area contributed by atoms with Gasteiger partial charge in [-0.25, -0.2) is 0 Å². The molecule has 2 nitrogen and oxygen atoms in total. The van der Waals surface area contributed by atoms with Gasteiger partial charge in [0, 0.05) is 24.7 Å². The van der Waals surface area contributed by atoms with Crippen LogP contribution in [0.5, 0.6) is 0 Å². The molecule has 0 amide bonds. The van der Waals surface area contributed by atoms with E-state index in [0.717, 1.165) is 5.57 Å². The Balaban J connectivity index is 2.12. The molecule has 1 N–H and O–H groups in total. The average Bonchev–Trinajstić information content (AvgIpc) is 2.64. The molecule has 0 unspecified atom stereocenters. The van der Waals surface area contributed by atoms with E-state index in [1.807, 2.05) is 38.4 Å². The second kappa shape index (κ2) is 7.58. The van der Waals surface area contributed by atoms with E-state index in [1.54, 1.807) is 11.8 Å². The second-order valence-electron chi connectivity index (χ2n) is 6.12. The topological polar surface area (TPSA) is 27.1 Å². The molecule has 1 aliphatic rings. The van der Waals surface area contributed by atoms with Crippen LogP contribution in [0.3, 0.4) is 0 Å². The number of hydrogen-bond donors (Lipinski definition) is 1. The SMILES string of the molecule is CSc1ccc(C(=C2C=CC(=N)C=C2)c2ccc(N(C)C)cc2)cc1. The van der Waals surface area contributed by atoms with Crippen molar-refractivity contribution in [2.75, 3.05) is 25.3 Å². The van der Waals surface area contributed by atoms with Crippen LogP contribution < -0.4 is 4.90 Å². The van der Waals surface area contributed by atoms with Crippen LogP contribution >= 0.6 is 11.8 Å². The molecule has 0 atom stereocenters. The van der Waals surface area contributed by atoms with E-state index in [0.29, 0.717) is 5.71 Å². The van der Waals surface area contributed by atoms with E-state index in [2.05, 4.69) is 59.7 Å². The molecule has 0 saturated carbocycles. The van der Waals surface area contributed by atoms with Gasteiger partial charge in [0.2, 0.25) is 0 Å². The van der Waals surface area contributed by atoms with Gasteiger partial charge in [0.1, 0.15) is 0 Å². The van der Waals surface area contributed by atoms with E-state index in [-0.39, 0.29) is 0 Å². The molecule has 0 fully saturated rings. The van der Waals surface area contributed by atoms with Crippen molar-refractivity contribution in [1.82, 2.24) is 0 Å². The van der Waals surface area contributed by atoms with Gasteiger partial charge < -0.3 is 10.3 Å². The number of nitrogens with zero attached hydrogens (tertiary/aromatic N) is 1. The third kappa shape index (κ3) is 3.94. The molecule has 0 aliphatic heterocycles. The first-order chi connectivity index (χ1) is 12.1. The molecule has 3 heteroatoms. The number of rotatable bonds is 4. The van der Waals surface area contributed by atoms with Crippen LogP contribution in [0.4, 0.5) is 5.69 Å². The number of thioether (sulfide) groups is 1. The van der Waals surface area contributed by atoms with E-state index in [9.17, 15) is 0 Å². The van der Waals surface area contributed by atoms with Crippen LogP contribution in [-0.4, -0.2) is 26.1 Å². The molecule has 2 aromatic carbocycles. The zero-order valence-corrected chi connectivity index (χ0v) is 15.6. The molecule has 1 aliphatic carbocycles. The summed E-state index contributed by atoms with van der Waals surface area (Å²) < 4.78 is 0. The molecule has 0 radical (unpaired) electrons. The van der Waals surface area contributed by atoms with E-state index < -0.39 is 0 Å². The van der Waals surface area contributed by atoms with Crippen molar-refractivity contribution in [3.63, 3.8) is 0 Å². The Morgan fingerprint density at radius 2 is 1.32 bits per heavy atom. The molecule has 2 aromatic rings. The van der Waals surface area contributed by atoms with Crippen LogP contribution in [0.1, 0.15) is 11.1 Å². The smallest absolute Gasteiger partial charge is 0.0540 e. The Hall–Kier alpha value is -2.52. The summed E-state index contributed by atoms with van der Waals surface area (Å²) in [5.41, 5.74) is 6.41. The third-order valence-corrected chi connectivity index (χ3v) is 4.97. The van der Waals surface area contributed by atoms with Crippen molar-refractivity contribution in [3.05, 3.63) is 89.5 Å². The summed E-state index contributed by atoms with van der Waals surface area (Å²) in [7, 11) is 4.10. The Morgan fingerprint density at radius 1 is 0.800 bits per heavy atom. The summed E-state index contributed by atoms with van der Waals surface area (Å²) in [6.45, 7) is 0. The summed E-state index contributed by atoms with van der Waals surface area (Å²) in [5, 5.41) is 7.75. The zero-order chi connectivity index (χ0) is 17.8. The minimum Gasteiger partial charge on any atom is -0.378 e. The fraction of sp³-hybridized carbons (Fsp3) is 0.136. The van der Waals surface area contributed by atoms with Crippen molar-refractivity contribution in [2.24, 2.45) is 0 Å². The van der Waals surface area contributed by atoms with E-state index in [1.165, 1.54) is 27.3 Å². The van der Waals surface area contributed by atoms with Gasteiger partial charge in [-0.3, -0.25) is 0 Å². The summed E-state index contributed by atoms with van der Waals surface area (Å²) >= 11 is 1.75. The molecule has 0 heterocycles. The summed E-state index contributed by atoms with van der Waals surface area (Å²) in [6, 6.07) is 17.3. The van der Waals surface area contributed by atoms with Gasteiger partial charge in [0.05, 0.1) is 5.71 Å². The lowest BCUT2D eigenvalue weighted by Gasteiger charge is -2.16. The highest BCUT2D eigenvalue weighted by atomic mass is 32.2. The molecule has 126 valence electrons. The predicted molar refractivity (Wildman–Crippen MR) is 111 cm³/mol. The minimum atomic E-state index is 0.531. The van der Waals surface area contributed by atoms with Crippen molar-refractivity contribution in [1.29, 1.82) is 5.41 Å². The Labute approximate surface area is 154 Å². The Bertz CT molecular complexity index is 836. The normalized spacial score (nSPS) is 13.2. The first-order valence-electron chi connectivity index (χ1n) is 8.19. The second-order valence-corrected chi connectivity index (χ2v) is 7.00. The lowest BCUT2D eigenvalue weighted by atomic mass is 9.91. The van der Waals surface area contributed by atoms with Gasteiger partial charge in [-0.2, -0.15) is 0 Å². The highest BCUT2D eigenvalue weighted by Gasteiger charge is 2.11. The van der Waals surface area contributed by atoms with Crippen molar-refractivity contribution in [3.8, 4) is 0 Å². The first kappa shape index (κ1) is 17.3. The number of anilines is 1. The van der Waals surface area contributed by atoms with Gasteiger partial charge in [0.25, 0.3) is 0 Å².